The van der Waals surface area contributed by atoms with Crippen LogP contribution in [0, 0.1) is 0 Å². The third kappa shape index (κ3) is 5.95. The summed E-state index contributed by atoms with van der Waals surface area (Å²) in [4.78, 5) is 8.49. The Hall–Kier alpha value is -2.56. The smallest absolute Gasteiger partial charge is 0.188 e. The lowest BCUT2D eigenvalue weighted by Crippen LogP contribution is -2.35. The van der Waals surface area contributed by atoms with Crippen LogP contribution in [-0.4, -0.2) is 30.6 Å². The van der Waals surface area contributed by atoms with Gasteiger partial charge in [0, 0.05) is 24.9 Å². The third-order valence-corrected chi connectivity index (χ3v) is 2.80. The second kappa shape index (κ2) is 8.58. The molecule has 5 heteroatoms. The van der Waals surface area contributed by atoms with E-state index in [2.05, 4.69) is 15.3 Å². The van der Waals surface area contributed by atoms with Gasteiger partial charge >= 0.3 is 0 Å². The average Bonchev–Trinajstić information content (AvgIpc) is 2.54. The number of pyridine rings is 1. The van der Waals surface area contributed by atoms with Gasteiger partial charge in [-0.25, -0.2) is 0 Å². The van der Waals surface area contributed by atoms with Crippen molar-refractivity contribution in [2.75, 3.05) is 19.7 Å². The van der Waals surface area contributed by atoms with Crippen LogP contribution in [0.15, 0.2) is 59.7 Å². The Balaban J connectivity index is 1.60. The van der Waals surface area contributed by atoms with Gasteiger partial charge in [-0.1, -0.05) is 24.3 Å². The van der Waals surface area contributed by atoms with Gasteiger partial charge in [0.2, 0.25) is 0 Å². The maximum absolute atomic E-state index is 5.78. The molecule has 0 saturated heterocycles. The molecule has 0 aliphatic heterocycles. The number of nitrogens with zero attached hydrogens (tertiary/aromatic N) is 2. The van der Waals surface area contributed by atoms with Crippen LogP contribution in [0.4, 0.5) is 0 Å². The summed E-state index contributed by atoms with van der Waals surface area (Å²) in [6.45, 7) is 1.78. The van der Waals surface area contributed by atoms with Crippen molar-refractivity contribution in [3.63, 3.8) is 0 Å². The molecule has 0 aliphatic rings. The fraction of sp³-hybridized carbons (Fsp3) is 0.250. The summed E-state index contributed by atoms with van der Waals surface area (Å²) in [6.07, 6.45) is 2.56. The summed E-state index contributed by atoms with van der Waals surface area (Å²) in [7, 11) is 0. The van der Waals surface area contributed by atoms with E-state index < -0.39 is 0 Å². The number of hydrogen-bond acceptors (Lipinski definition) is 3. The summed E-state index contributed by atoms with van der Waals surface area (Å²) in [5.41, 5.74) is 6.80. The molecule has 0 saturated carbocycles. The molecule has 0 radical (unpaired) electrons. The lowest BCUT2D eigenvalue weighted by molar-refractivity contribution is 0.322. The fourth-order valence-electron chi connectivity index (χ4n) is 1.76. The number of para-hydroxylation sites is 1. The minimum absolute atomic E-state index is 0.433. The summed E-state index contributed by atoms with van der Waals surface area (Å²) >= 11 is 0. The standard InChI is InChI=1S/C16H20N4O/c17-16(19-11-9-14-6-4-5-10-18-14)20-12-13-21-15-7-2-1-3-8-15/h1-8,10H,9,11-13H2,(H3,17,19,20). The Morgan fingerprint density at radius 1 is 1.14 bits per heavy atom. The lowest BCUT2D eigenvalue weighted by atomic mass is 10.3. The van der Waals surface area contributed by atoms with Gasteiger partial charge in [0.25, 0.3) is 0 Å². The first kappa shape index (κ1) is 14.8. The van der Waals surface area contributed by atoms with Crippen LogP contribution < -0.4 is 15.8 Å². The van der Waals surface area contributed by atoms with E-state index in [4.69, 9.17) is 10.5 Å². The molecule has 0 spiro atoms. The first-order valence-corrected chi connectivity index (χ1v) is 6.96. The second-order valence-corrected chi connectivity index (χ2v) is 4.43. The number of aromatic nitrogens is 1. The van der Waals surface area contributed by atoms with Gasteiger partial charge in [-0.05, 0) is 24.3 Å². The molecule has 2 rings (SSSR count). The van der Waals surface area contributed by atoms with Crippen molar-refractivity contribution in [1.29, 1.82) is 0 Å². The number of aliphatic imine (C=N–C) groups is 1. The molecule has 1 aromatic heterocycles. The predicted molar refractivity (Wildman–Crippen MR) is 84.4 cm³/mol. The van der Waals surface area contributed by atoms with Crippen molar-refractivity contribution in [1.82, 2.24) is 10.3 Å². The number of ether oxygens (including phenoxy) is 1. The van der Waals surface area contributed by atoms with Crippen molar-refractivity contribution in [2.45, 2.75) is 6.42 Å². The summed E-state index contributed by atoms with van der Waals surface area (Å²) in [5, 5.41) is 3.02. The largest absolute Gasteiger partial charge is 0.492 e. The molecule has 0 fully saturated rings. The van der Waals surface area contributed by atoms with E-state index in [0.717, 1.165) is 17.9 Å². The normalized spacial score (nSPS) is 11.1. The number of nitrogens with one attached hydrogen (secondary N) is 1. The van der Waals surface area contributed by atoms with E-state index in [1.807, 2.05) is 48.5 Å². The molecule has 0 unspecified atom stereocenters. The quantitative estimate of drug-likeness (QED) is 0.460. The van der Waals surface area contributed by atoms with E-state index in [-0.39, 0.29) is 0 Å². The molecule has 110 valence electrons. The highest BCUT2D eigenvalue weighted by Crippen LogP contribution is 2.07. The monoisotopic (exact) mass is 284 g/mol. The maximum atomic E-state index is 5.78. The molecule has 0 aliphatic carbocycles. The van der Waals surface area contributed by atoms with Gasteiger partial charge in [0.1, 0.15) is 12.4 Å². The molecule has 2 aromatic rings. The van der Waals surface area contributed by atoms with Crippen molar-refractivity contribution in [2.24, 2.45) is 10.7 Å². The molecule has 0 bridgehead atoms. The summed E-state index contributed by atoms with van der Waals surface area (Å²) in [5.74, 6) is 1.28. The maximum Gasteiger partial charge on any atom is 0.188 e. The van der Waals surface area contributed by atoms with E-state index in [9.17, 15) is 0 Å². The zero-order valence-electron chi connectivity index (χ0n) is 11.9. The highest BCUT2D eigenvalue weighted by Gasteiger charge is 1.95. The Bertz CT molecular complexity index is 543. The number of guanidine groups is 1. The zero-order chi connectivity index (χ0) is 14.8. The minimum atomic E-state index is 0.433. The molecule has 0 atom stereocenters. The molecular formula is C16H20N4O. The molecule has 3 N–H and O–H groups in total. The van der Waals surface area contributed by atoms with Gasteiger partial charge < -0.3 is 15.8 Å². The highest BCUT2D eigenvalue weighted by atomic mass is 16.5. The van der Waals surface area contributed by atoms with Crippen LogP contribution in [0.2, 0.25) is 0 Å². The Labute approximate surface area is 124 Å². The van der Waals surface area contributed by atoms with Gasteiger partial charge in [-0.2, -0.15) is 0 Å². The van der Waals surface area contributed by atoms with E-state index in [0.29, 0.717) is 25.7 Å². The molecule has 0 amide bonds. The van der Waals surface area contributed by atoms with Gasteiger partial charge in [-0.15, -0.1) is 0 Å². The summed E-state index contributed by atoms with van der Waals surface area (Å²) < 4.78 is 5.55. The van der Waals surface area contributed by atoms with E-state index in [1.165, 1.54) is 0 Å². The van der Waals surface area contributed by atoms with Gasteiger partial charge in [0.05, 0.1) is 6.54 Å². The van der Waals surface area contributed by atoms with E-state index in [1.54, 1.807) is 6.20 Å². The molecular weight excluding hydrogens is 264 g/mol. The van der Waals surface area contributed by atoms with Crippen molar-refractivity contribution >= 4 is 5.96 Å². The number of nitrogens with two attached hydrogens (primary N) is 1. The van der Waals surface area contributed by atoms with Crippen molar-refractivity contribution < 1.29 is 4.74 Å². The SMILES string of the molecule is NC(=NCCc1ccccn1)NCCOc1ccccc1. The average molecular weight is 284 g/mol. The number of hydrogen-bond donors (Lipinski definition) is 2. The van der Waals surface area contributed by atoms with Crippen LogP contribution in [-0.2, 0) is 6.42 Å². The second-order valence-electron chi connectivity index (χ2n) is 4.43. The van der Waals surface area contributed by atoms with Crippen LogP contribution >= 0.6 is 0 Å². The number of rotatable bonds is 7. The van der Waals surface area contributed by atoms with Crippen LogP contribution in [0.5, 0.6) is 5.75 Å². The Morgan fingerprint density at radius 3 is 2.71 bits per heavy atom. The Morgan fingerprint density at radius 2 is 1.95 bits per heavy atom. The van der Waals surface area contributed by atoms with Gasteiger partial charge in [-0.3, -0.25) is 9.98 Å². The molecule has 1 aromatic carbocycles. The lowest BCUT2D eigenvalue weighted by Gasteiger charge is -2.07. The number of benzene rings is 1. The molecule has 5 nitrogen and oxygen atoms in total. The molecule has 1 heterocycles. The summed E-state index contributed by atoms with van der Waals surface area (Å²) in [6, 6.07) is 15.5. The topological polar surface area (TPSA) is 72.5 Å². The fourth-order valence-corrected chi connectivity index (χ4v) is 1.76. The van der Waals surface area contributed by atoms with Crippen LogP contribution in [0.25, 0.3) is 0 Å². The Kier molecular flexibility index (Phi) is 6.06. The third-order valence-electron chi connectivity index (χ3n) is 2.80. The van der Waals surface area contributed by atoms with E-state index >= 15 is 0 Å². The zero-order valence-corrected chi connectivity index (χ0v) is 11.9. The highest BCUT2D eigenvalue weighted by molar-refractivity contribution is 5.77. The minimum Gasteiger partial charge on any atom is -0.492 e. The van der Waals surface area contributed by atoms with Crippen molar-refractivity contribution in [3.8, 4) is 5.75 Å². The molecule has 21 heavy (non-hydrogen) atoms. The van der Waals surface area contributed by atoms with Crippen molar-refractivity contribution in [3.05, 3.63) is 60.4 Å². The van der Waals surface area contributed by atoms with Crippen LogP contribution in [0.1, 0.15) is 5.69 Å². The van der Waals surface area contributed by atoms with Gasteiger partial charge in [0.15, 0.2) is 5.96 Å². The first-order chi connectivity index (χ1) is 10.3. The van der Waals surface area contributed by atoms with Crippen LogP contribution in [0.3, 0.4) is 0 Å². The predicted octanol–water partition coefficient (Wildman–Crippen LogP) is 1.61. The first-order valence-electron chi connectivity index (χ1n) is 6.96.